The molecule has 0 N–H and O–H groups in total. The van der Waals surface area contributed by atoms with E-state index in [9.17, 15) is 18.0 Å². The summed E-state index contributed by atoms with van der Waals surface area (Å²) >= 11 is 0. The third-order valence-corrected chi connectivity index (χ3v) is 4.96. The summed E-state index contributed by atoms with van der Waals surface area (Å²) in [5.74, 6) is -1.54. The van der Waals surface area contributed by atoms with Gasteiger partial charge in [-0.1, -0.05) is 0 Å². The molecule has 3 heterocycles. The minimum Gasteiger partial charge on any atom is -0.481 e. The first-order chi connectivity index (χ1) is 13.8. The lowest BCUT2D eigenvalue weighted by Crippen LogP contribution is -2.39. The molecule has 1 unspecified atom stereocenters. The second-order valence-electron chi connectivity index (χ2n) is 6.90. The van der Waals surface area contributed by atoms with E-state index in [0.29, 0.717) is 36.3 Å². The van der Waals surface area contributed by atoms with Crippen molar-refractivity contribution < 1.29 is 27.1 Å². The molecule has 1 atom stereocenters. The van der Waals surface area contributed by atoms with Crippen LogP contribution in [-0.2, 0) is 13.2 Å². The van der Waals surface area contributed by atoms with Crippen LogP contribution in [0.15, 0.2) is 22.6 Å². The number of methoxy groups -OCH3 is 1. The Morgan fingerprint density at radius 2 is 2.10 bits per heavy atom. The minimum absolute atomic E-state index is 0.0975. The number of likely N-dealkylation sites (tertiary alicyclic amines) is 1. The van der Waals surface area contributed by atoms with Crippen molar-refractivity contribution in [3.8, 4) is 5.88 Å². The first kappa shape index (κ1) is 19.2. The average molecular weight is 409 g/mol. The zero-order chi connectivity index (χ0) is 20.8. The molecule has 11 heteroatoms. The Bertz CT molecular complexity index is 1060. The molecule has 1 amide bonds. The Balaban J connectivity index is 1.54. The summed E-state index contributed by atoms with van der Waals surface area (Å²) in [4.78, 5) is 14.5. The fraction of sp³-hybridized carbons (Fsp3) is 0.444. The number of nitrogens with zero attached hydrogens (tertiary/aromatic N) is 5. The van der Waals surface area contributed by atoms with Crippen LogP contribution >= 0.6 is 0 Å². The molecule has 1 aliphatic heterocycles. The van der Waals surface area contributed by atoms with Crippen LogP contribution in [0, 0.1) is 0 Å². The fourth-order valence-electron chi connectivity index (χ4n) is 3.61. The predicted molar refractivity (Wildman–Crippen MR) is 94.4 cm³/mol. The summed E-state index contributed by atoms with van der Waals surface area (Å²) < 4.78 is 49.8. The van der Waals surface area contributed by atoms with Gasteiger partial charge in [0.05, 0.1) is 23.9 Å². The van der Waals surface area contributed by atoms with Crippen molar-refractivity contribution in [2.45, 2.75) is 24.9 Å². The number of carbonyl (C=O) groups excluding carboxylic acids is 1. The fourth-order valence-corrected chi connectivity index (χ4v) is 3.61. The first-order valence-electron chi connectivity index (χ1n) is 8.98. The molecule has 154 valence electrons. The summed E-state index contributed by atoms with van der Waals surface area (Å²) in [7, 11) is 3.29. The number of fused-ring (bicyclic) bond motifs is 1. The standard InChI is InChI=1S/C18H18F3N5O3/c1-25-16(28-2)12-6-5-10(8-13(12)24-25)15(27)26-7-3-4-11(9-26)14-22-23-17(29-14)18(19,20)21/h5-6,8,11H,3-4,7,9H2,1-2H3. The number of benzene rings is 1. The van der Waals surface area contributed by atoms with Crippen LogP contribution in [0.4, 0.5) is 13.2 Å². The Morgan fingerprint density at radius 3 is 2.79 bits per heavy atom. The van der Waals surface area contributed by atoms with Gasteiger partial charge in [0.2, 0.25) is 11.8 Å². The summed E-state index contributed by atoms with van der Waals surface area (Å²) in [5, 5.41) is 11.7. The van der Waals surface area contributed by atoms with Crippen LogP contribution in [-0.4, -0.2) is 51.0 Å². The van der Waals surface area contributed by atoms with Crippen LogP contribution in [0.25, 0.3) is 10.9 Å². The van der Waals surface area contributed by atoms with Gasteiger partial charge in [-0.3, -0.25) is 4.79 Å². The van der Waals surface area contributed by atoms with E-state index in [2.05, 4.69) is 15.3 Å². The third-order valence-electron chi connectivity index (χ3n) is 4.96. The first-order valence-corrected chi connectivity index (χ1v) is 8.98. The van der Waals surface area contributed by atoms with Crippen LogP contribution in [0.5, 0.6) is 5.88 Å². The highest BCUT2D eigenvalue weighted by Crippen LogP contribution is 2.32. The van der Waals surface area contributed by atoms with Crippen molar-refractivity contribution in [1.82, 2.24) is 24.9 Å². The number of aryl methyl sites for hydroxylation is 1. The zero-order valence-corrected chi connectivity index (χ0v) is 15.7. The smallest absolute Gasteiger partial charge is 0.470 e. The van der Waals surface area contributed by atoms with E-state index in [-0.39, 0.29) is 18.3 Å². The topological polar surface area (TPSA) is 86.3 Å². The highest BCUT2D eigenvalue weighted by molar-refractivity contribution is 5.98. The van der Waals surface area contributed by atoms with Crippen molar-refractivity contribution in [1.29, 1.82) is 0 Å². The number of aromatic nitrogens is 4. The van der Waals surface area contributed by atoms with E-state index in [1.54, 1.807) is 41.9 Å². The quantitative estimate of drug-likeness (QED) is 0.661. The Hall–Kier alpha value is -3.11. The highest BCUT2D eigenvalue weighted by atomic mass is 19.4. The molecule has 1 saturated heterocycles. The molecule has 1 aliphatic rings. The van der Waals surface area contributed by atoms with Crippen LogP contribution in [0.2, 0.25) is 0 Å². The lowest BCUT2D eigenvalue weighted by Gasteiger charge is -2.31. The van der Waals surface area contributed by atoms with Crippen molar-refractivity contribution >= 4 is 16.8 Å². The number of rotatable bonds is 3. The minimum atomic E-state index is -4.69. The maximum atomic E-state index is 13.0. The predicted octanol–water partition coefficient (Wildman–Crippen LogP) is 3.00. The van der Waals surface area contributed by atoms with E-state index in [4.69, 9.17) is 9.15 Å². The Labute approximate surface area is 163 Å². The van der Waals surface area contributed by atoms with Crippen LogP contribution in [0.3, 0.4) is 0 Å². The molecule has 1 aromatic carbocycles. The summed E-state index contributed by atoms with van der Waals surface area (Å²) in [6, 6.07) is 5.13. The molecule has 0 spiro atoms. The van der Waals surface area contributed by atoms with Gasteiger partial charge < -0.3 is 14.1 Å². The van der Waals surface area contributed by atoms with Gasteiger partial charge in [0.15, 0.2) is 0 Å². The number of halogens is 3. The molecule has 8 nitrogen and oxygen atoms in total. The van der Waals surface area contributed by atoms with E-state index < -0.39 is 18.0 Å². The Morgan fingerprint density at radius 1 is 1.31 bits per heavy atom. The molecule has 0 bridgehead atoms. The van der Waals surface area contributed by atoms with Crippen molar-refractivity contribution in [2.75, 3.05) is 20.2 Å². The lowest BCUT2D eigenvalue weighted by atomic mass is 9.97. The monoisotopic (exact) mass is 409 g/mol. The number of amides is 1. The van der Waals surface area contributed by atoms with E-state index >= 15 is 0 Å². The third kappa shape index (κ3) is 3.52. The summed E-state index contributed by atoms with van der Waals surface area (Å²) in [5.41, 5.74) is 1.07. The maximum Gasteiger partial charge on any atom is 0.470 e. The molecule has 0 radical (unpaired) electrons. The van der Waals surface area contributed by atoms with E-state index in [1.165, 1.54) is 0 Å². The summed E-state index contributed by atoms with van der Waals surface area (Å²) in [6.45, 7) is 0.709. The number of ether oxygens (including phenoxy) is 1. The van der Waals surface area contributed by atoms with Gasteiger partial charge in [-0.25, -0.2) is 4.68 Å². The van der Waals surface area contributed by atoms with Crippen molar-refractivity contribution in [3.63, 3.8) is 0 Å². The highest BCUT2D eigenvalue weighted by Gasteiger charge is 2.39. The van der Waals surface area contributed by atoms with Crippen molar-refractivity contribution in [2.24, 2.45) is 7.05 Å². The van der Waals surface area contributed by atoms with E-state index in [0.717, 1.165) is 5.39 Å². The van der Waals surface area contributed by atoms with Gasteiger partial charge in [0.25, 0.3) is 5.91 Å². The van der Waals surface area contributed by atoms with Crippen molar-refractivity contribution in [3.05, 3.63) is 35.5 Å². The number of carbonyl (C=O) groups is 1. The molecule has 2 aromatic heterocycles. The number of hydrogen-bond donors (Lipinski definition) is 0. The average Bonchev–Trinajstić information content (AvgIpc) is 3.31. The van der Waals surface area contributed by atoms with Gasteiger partial charge in [0, 0.05) is 25.7 Å². The van der Waals surface area contributed by atoms with Gasteiger partial charge in [-0.05, 0) is 31.0 Å². The summed E-state index contributed by atoms with van der Waals surface area (Å²) in [6.07, 6.45) is -3.49. The van der Waals surface area contributed by atoms with Gasteiger partial charge in [-0.2, -0.15) is 18.3 Å². The Kier molecular flexibility index (Phi) is 4.67. The molecule has 3 aromatic rings. The van der Waals surface area contributed by atoms with Gasteiger partial charge >= 0.3 is 12.1 Å². The number of hydrogen-bond acceptors (Lipinski definition) is 6. The largest absolute Gasteiger partial charge is 0.481 e. The van der Waals surface area contributed by atoms with Gasteiger partial charge in [0.1, 0.15) is 0 Å². The molecule has 0 aliphatic carbocycles. The van der Waals surface area contributed by atoms with Crippen LogP contribution in [0.1, 0.15) is 40.9 Å². The zero-order valence-electron chi connectivity index (χ0n) is 15.7. The second kappa shape index (κ2) is 7.05. The number of alkyl halides is 3. The molecule has 0 saturated carbocycles. The number of piperidine rings is 1. The van der Waals surface area contributed by atoms with Gasteiger partial charge in [-0.15, -0.1) is 10.2 Å². The van der Waals surface area contributed by atoms with Crippen LogP contribution < -0.4 is 4.74 Å². The normalized spacial score (nSPS) is 17.7. The lowest BCUT2D eigenvalue weighted by molar-refractivity contribution is -0.157. The molecular weight excluding hydrogens is 391 g/mol. The molecule has 29 heavy (non-hydrogen) atoms. The molecular formula is C18H18F3N5O3. The van der Waals surface area contributed by atoms with E-state index in [1.807, 2.05) is 0 Å². The SMILES string of the molecule is COc1c2ccc(C(=O)N3CCCC(c4nnc(C(F)(F)F)o4)C3)cc2nn1C. The molecule has 4 rings (SSSR count). The molecule has 1 fully saturated rings. The maximum absolute atomic E-state index is 13.0. The second-order valence-corrected chi connectivity index (χ2v) is 6.90.